The van der Waals surface area contributed by atoms with E-state index >= 15 is 0 Å². The molecule has 6 nitrogen and oxygen atoms in total. The minimum absolute atomic E-state index is 0.420. The van der Waals surface area contributed by atoms with Crippen LogP contribution < -0.4 is 15.0 Å². The quantitative estimate of drug-likeness (QED) is 0.489. The van der Waals surface area contributed by atoms with Crippen molar-refractivity contribution in [2.45, 2.75) is 51.1 Å². The first-order chi connectivity index (χ1) is 16.8. The summed E-state index contributed by atoms with van der Waals surface area (Å²) in [7, 11) is 0. The zero-order valence-electron chi connectivity index (χ0n) is 19.9. The van der Waals surface area contributed by atoms with E-state index in [1.54, 1.807) is 0 Å². The van der Waals surface area contributed by atoms with Crippen LogP contribution in [0, 0.1) is 0 Å². The summed E-state index contributed by atoms with van der Waals surface area (Å²) in [5.41, 5.74) is 1.29. The molecule has 2 saturated heterocycles. The molecule has 2 aliphatic rings. The van der Waals surface area contributed by atoms with Crippen molar-refractivity contribution in [3.63, 3.8) is 0 Å². The van der Waals surface area contributed by atoms with E-state index in [-0.39, 0.29) is 0 Å². The van der Waals surface area contributed by atoms with Gasteiger partial charge in [-0.25, -0.2) is 4.98 Å². The predicted molar refractivity (Wildman–Crippen MR) is 138 cm³/mol. The zero-order valence-corrected chi connectivity index (χ0v) is 19.9. The maximum Gasteiger partial charge on any atom is 0.224 e. The van der Waals surface area contributed by atoms with Crippen molar-refractivity contribution in [2.75, 3.05) is 36.4 Å². The molecule has 2 aliphatic heterocycles. The molecular weight excluding hydrogens is 422 g/mol. The summed E-state index contributed by atoms with van der Waals surface area (Å²) < 4.78 is 6.01. The van der Waals surface area contributed by atoms with Crippen LogP contribution >= 0.6 is 0 Å². The second kappa shape index (κ2) is 11.3. The van der Waals surface area contributed by atoms with Crippen molar-refractivity contribution in [3.05, 3.63) is 72.4 Å². The van der Waals surface area contributed by atoms with Gasteiger partial charge in [0.15, 0.2) is 0 Å². The number of likely N-dealkylation sites (tertiary alicyclic amines) is 1. The van der Waals surface area contributed by atoms with Crippen LogP contribution in [-0.4, -0.2) is 47.1 Å². The molecule has 34 heavy (non-hydrogen) atoms. The number of rotatable bonds is 7. The van der Waals surface area contributed by atoms with E-state index in [4.69, 9.17) is 9.72 Å². The Kier molecular flexibility index (Phi) is 7.56. The summed E-state index contributed by atoms with van der Waals surface area (Å²) in [5.74, 6) is 3.59. The molecule has 2 fully saturated rings. The van der Waals surface area contributed by atoms with Crippen LogP contribution in [0.25, 0.3) is 0 Å². The predicted octanol–water partition coefficient (Wildman–Crippen LogP) is 5.73. The smallest absolute Gasteiger partial charge is 0.224 e. The van der Waals surface area contributed by atoms with E-state index in [2.05, 4.69) is 44.4 Å². The van der Waals surface area contributed by atoms with E-state index in [1.807, 2.05) is 42.6 Å². The second-order valence-electron chi connectivity index (χ2n) is 9.40. The molecule has 0 aliphatic carbocycles. The monoisotopic (exact) mass is 457 g/mol. The lowest BCUT2D eigenvalue weighted by Gasteiger charge is -2.32. The van der Waals surface area contributed by atoms with Gasteiger partial charge in [0.1, 0.15) is 17.3 Å². The Morgan fingerprint density at radius 3 is 2.38 bits per heavy atom. The number of aromatic nitrogens is 2. The highest BCUT2D eigenvalue weighted by atomic mass is 16.5. The first-order valence-corrected chi connectivity index (χ1v) is 12.7. The zero-order chi connectivity index (χ0) is 23.0. The van der Waals surface area contributed by atoms with Crippen LogP contribution in [-0.2, 0) is 6.54 Å². The Morgan fingerprint density at radius 2 is 1.59 bits per heavy atom. The highest BCUT2D eigenvalue weighted by Crippen LogP contribution is 2.24. The van der Waals surface area contributed by atoms with Gasteiger partial charge in [0.2, 0.25) is 5.95 Å². The normalized spacial score (nSPS) is 17.8. The van der Waals surface area contributed by atoms with Gasteiger partial charge in [-0.2, -0.15) is 4.98 Å². The lowest BCUT2D eigenvalue weighted by atomic mass is 10.0. The molecule has 3 aromatic rings. The highest BCUT2D eigenvalue weighted by Gasteiger charge is 2.20. The second-order valence-corrected chi connectivity index (χ2v) is 9.40. The maximum atomic E-state index is 6.01. The largest absolute Gasteiger partial charge is 0.457 e. The van der Waals surface area contributed by atoms with Crippen LogP contribution in [0.3, 0.4) is 0 Å². The fraction of sp³-hybridized carbons (Fsp3) is 0.429. The van der Waals surface area contributed by atoms with Crippen LogP contribution in [0.1, 0.15) is 44.1 Å². The van der Waals surface area contributed by atoms with Gasteiger partial charge < -0.3 is 15.0 Å². The van der Waals surface area contributed by atoms with E-state index < -0.39 is 0 Å². The van der Waals surface area contributed by atoms with Crippen LogP contribution in [0.15, 0.2) is 66.9 Å². The molecule has 0 amide bonds. The molecule has 1 N–H and O–H groups in total. The average molecular weight is 458 g/mol. The van der Waals surface area contributed by atoms with Crippen LogP contribution in [0.4, 0.5) is 11.8 Å². The van der Waals surface area contributed by atoms with E-state index in [0.29, 0.717) is 6.04 Å². The lowest BCUT2D eigenvalue weighted by molar-refractivity contribution is 0.211. The van der Waals surface area contributed by atoms with Gasteiger partial charge in [-0.1, -0.05) is 43.2 Å². The van der Waals surface area contributed by atoms with Crippen molar-refractivity contribution in [1.82, 2.24) is 14.9 Å². The standard InChI is InChI=1S/C28H35N5O/c1-2-7-18-33(17-6-1)27-13-16-29-28(31-27)30-24-14-19-32(20-15-24)22-23-9-8-12-26(21-23)34-25-10-4-3-5-11-25/h3-5,8-13,16,21,24H,1-2,6-7,14-15,17-20,22H2,(H,29,30,31). The SMILES string of the molecule is c1ccc(Oc2cccc(CN3CCC(Nc4nccc(N5CCCCCC5)n4)CC3)c2)cc1. The van der Waals surface area contributed by atoms with Crippen molar-refractivity contribution in [1.29, 1.82) is 0 Å². The molecule has 5 rings (SSSR count). The number of hydrogen-bond acceptors (Lipinski definition) is 6. The van der Waals surface area contributed by atoms with Gasteiger partial charge >= 0.3 is 0 Å². The van der Waals surface area contributed by atoms with Gasteiger partial charge in [0, 0.05) is 45.0 Å². The molecule has 0 atom stereocenters. The highest BCUT2D eigenvalue weighted by molar-refractivity contribution is 5.43. The van der Waals surface area contributed by atoms with Crippen LogP contribution in [0.5, 0.6) is 11.5 Å². The van der Waals surface area contributed by atoms with Gasteiger partial charge in [-0.05, 0) is 61.6 Å². The number of nitrogens with one attached hydrogen (secondary N) is 1. The number of anilines is 2. The van der Waals surface area contributed by atoms with Crippen molar-refractivity contribution in [2.24, 2.45) is 0 Å². The van der Waals surface area contributed by atoms with Gasteiger partial charge in [-0.3, -0.25) is 4.90 Å². The number of piperidine rings is 1. The summed E-state index contributed by atoms with van der Waals surface area (Å²) in [6, 6.07) is 20.9. The molecule has 0 saturated carbocycles. The molecule has 0 bridgehead atoms. The molecule has 1 aromatic heterocycles. The Balaban J connectivity index is 1.12. The molecule has 0 radical (unpaired) electrons. The molecular formula is C28H35N5O. The molecule has 3 heterocycles. The lowest BCUT2D eigenvalue weighted by Crippen LogP contribution is -2.39. The minimum atomic E-state index is 0.420. The fourth-order valence-electron chi connectivity index (χ4n) is 4.90. The number of para-hydroxylation sites is 1. The Bertz CT molecular complexity index is 1030. The van der Waals surface area contributed by atoms with Gasteiger partial charge in [0.05, 0.1) is 0 Å². The van der Waals surface area contributed by atoms with Gasteiger partial charge in [0.25, 0.3) is 0 Å². The summed E-state index contributed by atoms with van der Waals surface area (Å²) >= 11 is 0. The molecule has 178 valence electrons. The first-order valence-electron chi connectivity index (χ1n) is 12.7. The first kappa shape index (κ1) is 22.7. The third-order valence-electron chi connectivity index (χ3n) is 6.78. The topological polar surface area (TPSA) is 53.5 Å². The number of ether oxygens (including phenoxy) is 1. The third-order valence-corrected chi connectivity index (χ3v) is 6.78. The number of benzene rings is 2. The Morgan fingerprint density at radius 1 is 0.824 bits per heavy atom. The molecule has 0 unspecified atom stereocenters. The number of hydrogen-bond donors (Lipinski definition) is 1. The van der Waals surface area contributed by atoms with Gasteiger partial charge in [-0.15, -0.1) is 0 Å². The molecule has 2 aromatic carbocycles. The fourth-order valence-corrected chi connectivity index (χ4v) is 4.90. The molecule has 6 heteroatoms. The van der Waals surface area contributed by atoms with E-state index in [9.17, 15) is 0 Å². The minimum Gasteiger partial charge on any atom is -0.457 e. The maximum absolute atomic E-state index is 6.01. The molecule has 0 spiro atoms. The number of nitrogens with zero attached hydrogens (tertiary/aromatic N) is 4. The third kappa shape index (κ3) is 6.26. The van der Waals surface area contributed by atoms with E-state index in [1.165, 1.54) is 31.2 Å². The van der Waals surface area contributed by atoms with Crippen molar-refractivity contribution in [3.8, 4) is 11.5 Å². The van der Waals surface area contributed by atoms with E-state index in [0.717, 1.165) is 68.8 Å². The van der Waals surface area contributed by atoms with Crippen molar-refractivity contribution >= 4 is 11.8 Å². The Hall–Kier alpha value is -3.12. The Labute approximate surface area is 203 Å². The van der Waals surface area contributed by atoms with Crippen molar-refractivity contribution < 1.29 is 4.74 Å². The summed E-state index contributed by atoms with van der Waals surface area (Å²) in [6.45, 7) is 5.28. The van der Waals surface area contributed by atoms with Crippen LogP contribution in [0.2, 0.25) is 0 Å². The average Bonchev–Trinajstić information content (AvgIpc) is 3.16. The summed E-state index contributed by atoms with van der Waals surface area (Å²) in [4.78, 5) is 14.3. The summed E-state index contributed by atoms with van der Waals surface area (Å²) in [6.07, 6.45) is 9.26. The summed E-state index contributed by atoms with van der Waals surface area (Å²) in [5, 5.41) is 3.60.